The van der Waals surface area contributed by atoms with Crippen LogP contribution in [0.2, 0.25) is 0 Å². The SMILES string of the molecule is Cc1ccccc1C(=O)Nc1ccc2nc(N3CCCCCC3)cc(C(=O)O)c2c1.Cl.Cl. The van der Waals surface area contributed by atoms with Crippen molar-refractivity contribution in [1.29, 1.82) is 0 Å². The van der Waals surface area contributed by atoms with Crippen LogP contribution < -0.4 is 10.2 Å². The number of carboxylic acids is 1. The molecule has 0 radical (unpaired) electrons. The van der Waals surface area contributed by atoms with Crippen LogP contribution in [-0.2, 0) is 0 Å². The summed E-state index contributed by atoms with van der Waals surface area (Å²) in [6.07, 6.45) is 4.57. The molecular weight excluding hydrogens is 449 g/mol. The Labute approximate surface area is 199 Å². The summed E-state index contributed by atoms with van der Waals surface area (Å²) < 4.78 is 0. The van der Waals surface area contributed by atoms with Crippen LogP contribution in [0.15, 0.2) is 48.5 Å². The van der Waals surface area contributed by atoms with Crippen molar-refractivity contribution in [2.45, 2.75) is 32.6 Å². The first-order valence-electron chi connectivity index (χ1n) is 10.3. The molecule has 0 atom stereocenters. The number of hydrogen-bond donors (Lipinski definition) is 2. The number of pyridine rings is 1. The highest BCUT2D eigenvalue weighted by Crippen LogP contribution is 2.27. The summed E-state index contributed by atoms with van der Waals surface area (Å²) in [7, 11) is 0. The second-order valence-corrected chi connectivity index (χ2v) is 7.74. The molecule has 0 bridgehead atoms. The molecule has 0 unspecified atom stereocenters. The molecule has 0 aliphatic carbocycles. The number of nitrogens with zero attached hydrogens (tertiary/aromatic N) is 2. The van der Waals surface area contributed by atoms with Crippen molar-refractivity contribution in [1.82, 2.24) is 4.98 Å². The van der Waals surface area contributed by atoms with E-state index in [0.29, 0.717) is 28.0 Å². The van der Waals surface area contributed by atoms with E-state index in [4.69, 9.17) is 4.98 Å². The number of aromatic carboxylic acids is 1. The second kappa shape index (κ2) is 11.2. The van der Waals surface area contributed by atoms with Crippen LogP contribution >= 0.6 is 24.8 Å². The summed E-state index contributed by atoms with van der Waals surface area (Å²) in [6, 6.07) is 14.2. The van der Waals surface area contributed by atoms with Gasteiger partial charge in [0.05, 0.1) is 11.1 Å². The largest absolute Gasteiger partial charge is 0.478 e. The van der Waals surface area contributed by atoms with Crippen LogP contribution in [-0.4, -0.2) is 35.1 Å². The molecule has 2 N–H and O–H groups in total. The van der Waals surface area contributed by atoms with Crippen LogP contribution in [0.1, 0.15) is 52.0 Å². The van der Waals surface area contributed by atoms with E-state index in [1.165, 1.54) is 12.8 Å². The lowest BCUT2D eigenvalue weighted by atomic mass is 10.1. The van der Waals surface area contributed by atoms with Crippen molar-refractivity contribution in [3.8, 4) is 0 Å². The molecule has 2 aromatic carbocycles. The molecule has 2 heterocycles. The zero-order chi connectivity index (χ0) is 21.1. The molecule has 32 heavy (non-hydrogen) atoms. The topological polar surface area (TPSA) is 82.5 Å². The van der Waals surface area contributed by atoms with Gasteiger partial charge in [0, 0.05) is 29.7 Å². The fraction of sp³-hybridized carbons (Fsp3) is 0.292. The fourth-order valence-corrected chi connectivity index (χ4v) is 3.95. The summed E-state index contributed by atoms with van der Waals surface area (Å²) in [4.78, 5) is 31.5. The number of carbonyl (C=O) groups is 2. The Morgan fingerprint density at radius 2 is 1.62 bits per heavy atom. The molecule has 1 saturated heterocycles. The number of carbonyl (C=O) groups excluding carboxylic acids is 1. The van der Waals surface area contributed by atoms with Crippen LogP contribution in [0.5, 0.6) is 0 Å². The number of anilines is 2. The van der Waals surface area contributed by atoms with Crippen molar-refractivity contribution >= 4 is 59.1 Å². The smallest absolute Gasteiger partial charge is 0.336 e. The van der Waals surface area contributed by atoms with E-state index in [9.17, 15) is 14.7 Å². The molecule has 1 aliphatic rings. The van der Waals surface area contributed by atoms with E-state index >= 15 is 0 Å². The molecule has 0 spiro atoms. The zero-order valence-corrected chi connectivity index (χ0v) is 19.5. The van der Waals surface area contributed by atoms with Gasteiger partial charge in [0.1, 0.15) is 5.82 Å². The molecule has 3 aromatic rings. The Morgan fingerprint density at radius 3 is 2.28 bits per heavy atom. The highest BCUT2D eigenvalue weighted by atomic mass is 35.5. The molecule has 4 rings (SSSR count). The number of fused-ring (bicyclic) bond motifs is 1. The minimum absolute atomic E-state index is 0. The molecule has 0 saturated carbocycles. The van der Waals surface area contributed by atoms with Gasteiger partial charge >= 0.3 is 5.97 Å². The molecule has 170 valence electrons. The van der Waals surface area contributed by atoms with Crippen LogP contribution in [0, 0.1) is 6.92 Å². The number of halogens is 2. The molecular formula is C24H27Cl2N3O3. The van der Waals surface area contributed by atoms with Gasteiger partial charge in [0.2, 0.25) is 0 Å². The molecule has 1 fully saturated rings. The zero-order valence-electron chi connectivity index (χ0n) is 17.8. The van der Waals surface area contributed by atoms with Crippen LogP contribution in [0.3, 0.4) is 0 Å². The fourth-order valence-electron chi connectivity index (χ4n) is 3.95. The lowest BCUT2D eigenvalue weighted by Gasteiger charge is -2.22. The third-order valence-corrected chi connectivity index (χ3v) is 5.60. The van der Waals surface area contributed by atoms with Gasteiger partial charge in [-0.05, 0) is 55.7 Å². The van der Waals surface area contributed by atoms with Crippen molar-refractivity contribution in [2.24, 2.45) is 0 Å². The predicted octanol–water partition coefficient (Wildman–Crippen LogP) is 5.72. The number of carboxylic acid groups (broad SMARTS) is 1. The number of nitrogens with one attached hydrogen (secondary N) is 1. The molecule has 6 nitrogen and oxygen atoms in total. The molecule has 8 heteroatoms. The maximum absolute atomic E-state index is 12.6. The monoisotopic (exact) mass is 475 g/mol. The number of aromatic nitrogens is 1. The minimum Gasteiger partial charge on any atom is -0.478 e. The van der Waals surface area contributed by atoms with Gasteiger partial charge in [-0.25, -0.2) is 9.78 Å². The van der Waals surface area contributed by atoms with E-state index in [0.717, 1.165) is 31.5 Å². The lowest BCUT2D eigenvalue weighted by Crippen LogP contribution is -2.25. The average Bonchev–Trinajstić information content (AvgIpc) is 3.02. The van der Waals surface area contributed by atoms with Gasteiger partial charge in [-0.3, -0.25) is 4.79 Å². The van der Waals surface area contributed by atoms with E-state index in [1.807, 2.05) is 25.1 Å². The summed E-state index contributed by atoms with van der Waals surface area (Å²) in [5, 5.41) is 13.2. The highest BCUT2D eigenvalue weighted by molar-refractivity contribution is 6.08. The average molecular weight is 476 g/mol. The van der Waals surface area contributed by atoms with E-state index in [1.54, 1.807) is 30.3 Å². The van der Waals surface area contributed by atoms with Crippen molar-refractivity contribution in [3.05, 3.63) is 65.2 Å². The van der Waals surface area contributed by atoms with Crippen LogP contribution in [0.4, 0.5) is 11.5 Å². The quantitative estimate of drug-likeness (QED) is 0.504. The van der Waals surface area contributed by atoms with Gasteiger partial charge in [0.25, 0.3) is 5.91 Å². The van der Waals surface area contributed by atoms with Gasteiger partial charge < -0.3 is 15.3 Å². The van der Waals surface area contributed by atoms with Crippen molar-refractivity contribution in [3.63, 3.8) is 0 Å². The van der Waals surface area contributed by atoms with Gasteiger partial charge in [0.15, 0.2) is 0 Å². The Hall–Kier alpha value is -2.83. The lowest BCUT2D eigenvalue weighted by molar-refractivity contribution is 0.0698. The number of hydrogen-bond acceptors (Lipinski definition) is 4. The number of amides is 1. The number of aryl methyl sites for hydroxylation is 1. The van der Waals surface area contributed by atoms with Gasteiger partial charge in [-0.15, -0.1) is 24.8 Å². The summed E-state index contributed by atoms with van der Waals surface area (Å²) >= 11 is 0. The first kappa shape index (κ1) is 25.4. The van der Waals surface area contributed by atoms with E-state index < -0.39 is 5.97 Å². The normalized spacial score (nSPS) is 13.5. The summed E-state index contributed by atoms with van der Waals surface area (Å²) in [6.45, 7) is 3.66. The highest BCUT2D eigenvalue weighted by Gasteiger charge is 2.18. The first-order chi connectivity index (χ1) is 14.5. The van der Waals surface area contributed by atoms with Crippen LogP contribution in [0.25, 0.3) is 10.9 Å². The Kier molecular flexibility index (Phi) is 8.87. The molecule has 1 aromatic heterocycles. The molecule has 1 amide bonds. The van der Waals surface area contributed by atoms with Gasteiger partial charge in [-0.2, -0.15) is 0 Å². The minimum atomic E-state index is -0.999. The Bertz CT molecular complexity index is 1110. The third-order valence-electron chi connectivity index (χ3n) is 5.60. The second-order valence-electron chi connectivity index (χ2n) is 7.74. The van der Waals surface area contributed by atoms with Crippen molar-refractivity contribution < 1.29 is 14.7 Å². The summed E-state index contributed by atoms with van der Waals surface area (Å²) in [5.41, 5.74) is 2.83. The maximum Gasteiger partial charge on any atom is 0.336 e. The Morgan fingerprint density at radius 1 is 0.938 bits per heavy atom. The third kappa shape index (κ3) is 5.50. The molecule has 1 aliphatic heterocycles. The van der Waals surface area contributed by atoms with Crippen molar-refractivity contribution in [2.75, 3.05) is 23.3 Å². The number of rotatable bonds is 4. The van der Waals surface area contributed by atoms with E-state index in [-0.39, 0.29) is 36.3 Å². The number of benzene rings is 2. The Balaban J connectivity index is 0.00000181. The predicted molar refractivity (Wildman–Crippen MR) is 133 cm³/mol. The standard InChI is InChI=1S/C24H25N3O3.2ClH/c1-16-8-4-5-9-18(16)23(28)25-17-10-11-21-19(14-17)20(24(29)30)15-22(26-21)27-12-6-2-3-7-13-27;;/h4-5,8-11,14-15H,2-3,6-7,12-13H2,1H3,(H,25,28)(H,29,30);2*1H. The summed E-state index contributed by atoms with van der Waals surface area (Å²) in [5.74, 6) is -0.516. The van der Waals surface area contributed by atoms with Gasteiger partial charge in [-0.1, -0.05) is 31.0 Å². The first-order valence-corrected chi connectivity index (χ1v) is 10.3. The van der Waals surface area contributed by atoms with E-state index in [2.05, 4.69) is 10.2 Å². The maximum atomic E-state index is 12.6.